The molecule has 0 aliphatic heterocycles. The molecule has 4 heteroatoms. The summed E-state index contributed by atoms with van der Waals surface area (Å²) in [6.07, 6.45) is 0. The van der Waals surface area contributed by atoms with Gasteiger partial charge >= 0.3 is 0 Å². The van der Waals surface area contributed by atoms with Gasteiger partial charge in [-0.1, -0.05) is 0 Å². The predicted molar refractivity (Wildman–Crippen MR) is 56.0 cm³/mol. The smallest absolute Gasteiger partial charge is 0.257 e. The first kappa shape index (κ1) is 11.2. The summed E-state index contributed by atoms with van der Waals surface area (Å²) in [7, 11) is 1.55. The van der Waals surface area contributed by atoms with Crippen molar-refractivity contribution in [3.8, 4) is 5.75 Å². The Labute approximate surface area is 88.2 Å². The van der Waals surface area contributed by atoms with Gasteiger partial charge in [-0.15, -0.1) is 0 Å². The van der Waals surface area contributed by atoms with Crippen LogP contribution in [0.3, 0.4) is 0 Å². The summed E-state index contributed by atoms with van der Waals surface area (Å²) >= 11 is 0. The quantitative estimate of drug-likeness (QED) is 0.750. The molecule has 4 nitrogen and oxygen atoms in total. The van der Waals surface area contributed by atoms with E-state index >= 15 is 0 Å². The number of likely N-dealkylation sites (N-methyl/N-ethyl adjacent to an activating group) is 1. The van der Waals surface area contributed by atoms with Crippen molar-refractivity contribution in [1.82, 2.24) is 5.32 Å². The molecule has 0 aliphatic carbocycles. The molecule has 1 aromatic carbocycles. The van der Waals surface area contributed by atoms with E-state index in [-0.39, 0.29) is 18.3 Å². The fourth-order valence-corrected chi connectivity index (χ4v) is 1.01. The van der Waals surface area contributed by atoms with E-state index in [1.165, 1.54) is 6.92 Å². The minimum atomic E-state index is -0.189. The van der Waals surface area contributed by atoms with E-state index in [1.54, 1.807) is 31.3 Å². The van der Waals surface area contributed by atoms with Crippen molar-refractivity contribution < 1.29 is 14.3 Å². The van der Waals surface area contributed by atoms with Gasteiger partial charge in [0.15, 0.2) is 12.4 Å². The fourth-order valence-electron chi connectivity index (χ4n) is 1.01. The van der Waals surface area contributed by atoms with E-state index in [2.05, 4.69) is 5.32 Å². The average molecular weight is 207 g/mol. The highest BCUT2D eigenvalue weighted by atomic mass is 16.5. The van der Waals surface area contributed by atoms with Gasteiger partial charge < -0.3 is 10.1 Å². The molecule has 0 spiro atoms. The first-order valence-corrected chi connectivity index (χ1v) is 4.58. The van der Waals surface area contributed by atoms with Crippen LogP contribution in [0.2, 0.25) is 0 Å². The number of carbonyl (C=O) groups excluding carboxylic acids is 2. The van der Waals surface area contributed by atoms with Crippen molar-refractivity contribution in [1.29, 1.82) is 0 Å². The lowest BCUT2D eigenvalue weighted by Gasteiger charge is -2.05. The van der Waals surface area contributed by atoms with Crippen LogP contribution < -0.4 is 10.1 Å². The molecule has 1 rings (SSSR count). The molecule has 0 bridgehead atoms. The molecule has 0 aromatic heterocycles. The Hall–Kier alpha value is -1.84. The summed E-state index contributed by atoms with van der Waals surface area (Å²) in [6.45, 7) is 1.48. The van der Waals surface area contributed by atoms with Gasteiger partial charge in [0.1, 0.15) is 5.75 Å². The number of hydrogen-bond donors (Lipinski definition) is 1. The number of nitrogens with one attached hydrogen (secondary N) is 1. The number of hydrogen-bond acceptors (Lipinski definition) is 3. The van der Waals surface area contributed by atoms with E-state index in [0.717, 1.165) is 0 Å². The van der Waals surface area contributed by atoms with Gasteiger partial charge in [-0.3, -0.25) is 9.59 Å². The number of carbonyl (C=O) groups is 2. The molecule has 0 saturated heterocycles. The van der Waals surface area contributed by atoms with Gasteiger partial charge in [0.2, 0.25) is 0 Å². The van der Waals surface area contributed by atoms with Gasteiger partial charge in [0.25, 0.3) is 5.91 Å². The first-order valence-electron chi connectivity index (χ1n) is 4.58. The molecule has 1 N–H and O–H groups in total. The number of ketones is 1. The van der Waals surface area contributed by atoms with Crippen molar-refractivity contribution >= 4 is 11.7 Å². The Morgan fingerprint density at radius 1 is 1.27 bits per heavy atom. The van der Waals surface area contributed by atoms with Crippen LogP contribution in [0, 0.1) is 0 Å². The lowest BCUT2D eigenvalue weighted by atomic mass is 10.1. The molecular formula is C11H13NO3. The Morgan fingerprint density at radius 2 is 1.87 bits per heavy atom. The van der Waals surface area contributed by atoms with Crippen molar-refractivity contribution in [2.24, 2.45) is 0 Å². The molecule has 1 amide bonds. The number of ether oxygens (including phenoxy) is 1. The molecule has 0 heterocycles. The third-order valence-electron chi connectivity index (χ3n) is 1.91. The molecule has 1 aromatic rings. The van der Waals surface area contributed by atoms with Crippen molar-refractivity contribution in [3.05, 3.63) is 29.8 Å². The van der Waals surface area contributed by atoms with Crippen molar-refractivity contribution in [2.45, 2.75) is 6.92 Å². The second kappa shape index (κ2) is 5.14. The minimum Gasteiger partial charge on any atom is -0.484 e. The Balaban J connectivity index is 2.57. The maximum atomic E-state index is 11.0. The first-order chi connectivity index (χ1) is 7.13. The highest BCUT2D eigenvalue weighted by Crippen LogP contribution is 2.12. The number of rotatable bonds is 4. The average Bonchev–Trinajstić information content (AvgIpc) is 2.26. The summed E-state index contributed by atoms with van der Waals surface area (Å²) in [6, 6.07) is 6.67. The Morgan fingerprint density at radius 3 is 2.33 bits per heavy atom. The molecule has 0 fully saturated rings. The summed E-state index contributed by atoms with van der Waals surface area (Å²) in [5, 5.41) is 2.45. The number of amides is 1. The van der Waals surface area contributed by atoms with Crippen LogP contribution in [-0.4, -0.2) is 25.3 Å². The normalized spacial score (nSPS) is 9.47. The molecule has 0 atom stereocenters. The molecule has 15 heavy (non-hydrogen) atoms. The van der Waals surface area contributed by atoms with Crippen LogP contribution in [0.15, 0.2) is 24.3 Å². The van der Waals surface area contributed by atoms with E-state index < -0.39 is 0 Å². The lowest BCUT2D eigenvalue weighted by Crippen LogP contribution is -2.24. The van der Waals surface area contributed by atoms with Crippen LogP contribution in [0.5, 0.6) is 5.75 Å². The molecule has 80 valence electrons. The third-order valence-corrected chi connectivity index (χ3v) is 1.91. The number of benzene rings is 1. The SMILES string of the molecule is CNC(=O)COc1ccc(C(C)=O)cc1. The Kier molecular flexibility index (Phi) is 3.85. The zero-order valence-electron chi connectivity index (χ0n) is 8.74. The van der Waals surface area contributed by atoms with E-state index in [0.29, 0.717) is 11.3 Å². The predicted octanol–water partition coefficient (Wildman–Crippen LogP) is 1.01. The van der Waals surface area contributed by atoms with Gasteiger partial charge in [0.05, 0.1) is 0 Å². The third kappa shape index (κ3) is 3.42. The summed E-state index contributed by atoms with van der Waals surface area (Å²) < 4.78 is 5.17. The van der Waals surface area contributed by atoms with E-state index in [4.69, 9.17) is 4.74 Å². The number of Topliss-reactive ketones (excluding diaryl/α,β-unsaturated/α-hetero) is 1. The van der Waals surface area contributed by atoms with Gasteiger partial charge in [0, 0.05) is 12.6 Å². The van der Waals surface area contributed by atoms with Crippen LogP contribution >= 0.6 is 0 Å². The standard InChI is InChI=1S/C11H13NO3/c1-8(13)9-3-5-10(6-4-9)15-7-11(14)12-2/h3-6H,7H2,1-2H3,(H,12,14). The van der Waals surface area contributed by atoms with E-state index in [1.807, 2.05) is 0 Å². The van der Waals surface area contributed by atoms with Crippen LogP contribution in [0.1, 0.15) is 17.3 Å². The monoisotopic (exact) mass is 207 g/mol. The molecule has 0 saturated carbocycles. The fraction of sp³-hybridized carbons (Fsp3) is 0.273. The molecule has 0 aliphatic rings. The summed E-state index contributed by atoms with van der Waals surface area (Å²) in [5.41, 5.74) is 0.627. The topological polar surface area (TPSA) is 55.4 Å². The second-order valence-electron chi connectivity index (χ2n) is 3.04. The van der Waals surface area contributed by atoms with Crippen molar-refractivity contribution in [3.63, 3.8) is 0 Å². The molecule has 0 unspecified atom stereocenters. The summed E-state index contributed by atoms with van der Waals surface area (Å²) in [5.74, 6) is 0.391. The van der Waals surface area contributed by atoms with Gasteiger partial charge in [-0.25, -0.2) is 0 Å². The maximum absolute atomic E-state index is 11.0. The maximum Gasteiger partial charge on any atom is 0.257 e. The lowest BCUT2D eigenvalue weighted by molar-refractivity contribution is -0.122. The van der Waals surface area contributed by atoms with Gasteiger partial charge in [-0.2, -0.15) is 0 Å². The largest absolute Gasteiger partial charge is 0.484 e. The minimum absolute atomic E-state index is 0.00727. The molecule has 0 radical (unpaired) electrons. The van der Waals surface area contributed by atoms with E-state index in [9.17, 15) is 9.59 Å². The zero-order chi connectivity index (χ0) is 11.3. The van der Waals surface area contributed by atoms with Crippen LogP contribution in [0.25, 0.3) is 0 Å². The highest BCUT2D eigenvalue weighted by Gasteiger charge is 2.01. The Bertz CT molecular complexity index is 357. The van der Waals surface area contributed by atoms with Gasteiger partial charge in [-0.05, 0) is 31.2 Å². The van der Waals surface area contributed by atoms with Crippen LogP contribution in [0.4, 0.5) is 0 Å². The second-order valence-corrected chi connectivity index (χ2v) is 3.04. The van der Waals surface area contributed by atoms with Crippen LogP contribution in [-0.2, 0) is 4.79 Å². The highest BCUT2D eigenvalue weighted by molar-refractivity contribution is 5.94. The summed E-state index contributed by atoms with van der Waals surface area (Å²) in [4.78, 5) is 21.8. The van der Waals surface area contributed by atoms with Crippen molar-refractivity contribution in [2.75, 3.05) is 13.7 Å². The zero-order valence-corrected chi connectivity index (χ0v) is 8.74. The molecular weight excluding hydrogens is 194 g/mol.